The minimum atomic E-state index is -0.938. The fourth-order valence-corrected chi connectivity index (χ4v) is 1.43. The topological polar surface area (TPSA) is 92.4 Å². The first-order valence-electron chi connectivity index (χ1n) is 5.80. The van der Waals surface area contributed by atoms with Crippen molar-refractivity contribution < 1.29 is 14.7 Å². The van der Waals surface area contributed by atoms with Crippen molar-refractivity contribution in [3.63, 3.8) is 0 Å². The minimum absolute atomic E-state index is 0.0939. The number of amides is 1. The molecule has 0 saturated carbocycles. The van der Waals surface area contributed by atoms with Crippen LogP contribution in [0.25, 0.3) is 0 Å². The van der Waals surface area contributed by atoms with Gasteiger partial charge in [-0.1, -0.05) is 37.3 Å². The molecule has 0 aliphatic carbocycles. The number of hydrogen-bond acceptors (Lipinski definition) is 3. The lowest BCUT2D eigenvalue weighted by Crippen LogP contribution is -2.44. The van der Waals surface area contributed by atoms with Gasteiger partial charge in [-0.2, -0.15) is 0 Å². The second kappa shape index (κ2) is 6.76. The van der Waals surface area contributed by atoms with Gasteiger partial charge in [0.1, 0.15) is 0 Å². The van der Waals surface area contributed by atoms with Crippen LogP contribution in [0.2, 0.25) is 0 Å². The van der Waals surface area contributed by atoms with E-state index in [0.29, 0.717) is 6.42 Å². The number of benzene rings is 1. The fourth-order valence-electron chi connectivity index (χ4n) is 1.43. The second-order valence-electron chi connectivity index (χ2n) is 4.28. The van der Waals surface area contributed by atoms with Crippen LogP contribution in [-0.4, -0.2) is 29.6 Å². The first-order valence-corrected chi connectivity index (χ1v) is 5.80. The highest BCUT2D eigenvalue weighted by Gasteiger charge is 2.16. The quantitative estimate of drug-likeness (QED) is 0.681. The standard InChI is InChI=1S/C13H18N2O3/c1-9(13(17)18)8-15-12(16)11(14)7-10-5-3-2-4-6-10/h2-6,9,11H,7-8,14H2,1H3,(H,15,16)(H,17,18)/t9?,11-/m1/s1. The predicted octanol–water partition coefficient (Wildman–Crippen LogP) is 0.393. The summed E-state index contributed by atoms with van der Waals surface area (Å²) in [5.41, 5.74) is 6.73. The van der Waals surface area contributed by atoms with Gasteiger partial charge in [-0.3, -0.25) is 9.59 Å². The molecule has 4 N–H and O–H groups in total. The van der Waals surface area contributed by atoms with Crippen molar-refractivity contribution in [2.45, 2.75) is 19.4 Å². The van der Waals surface area contributed by atoms with Crippen LogP contribution in [0, 0.1) is 5.92 Å². The number of carboxylic acid groups (broad SMARTS) is 1. The summed E-state index contributed by atoms with van der Waals surface area (Å²) in [7, 11) is 0. The molecule has 0 aliphatic heterocycles. The van der Waals surface area contributed by atoms with Crippen LogP contribution in [0.4, 0.5) is 0 Å². The molecule has 0 aromatic heterocycles. The Kier molecular flexibility index (Phi) is 5.32. The van der Waals surface area contributed by atoms with E-state index >= 15 is 0 Å². The van der Waals surface area contributed by atoms with E-state index in [1.165, 1.54) is 6.92 Å². The van der Waals surface area contributed by atoms with Crippen molar-refractivity contribution in [1.29, 1.82) is 0 Å². The van der Waals surface area contributed by atoms with Gasteiger partial charge in [0.2, 0.25) is 5.91 Å². The maximum atomic E-state index is 11.6. The predicted molar refractivity (Wildman–Crippen MR) is 67.9 cm³/mol. The van der Waals surface area contributed by atoms with E-state index in [2.05, 4.69) is 5.32 Å². The number of aliphatic carboxylic acids is 1. The molecule has 18 heavy (non-hydrogen) atoms. The number of nitrogens with one attached hydrogen (secondary N) is 1. The highest BCUT2D eigenvalue weighted by atomic mass is 16.4. The highest BCUT2D eigenvalue weighted by Crippen LogP contribution is 2.02. The van der Waals surface area contributed by atoms with Gasteiger partial charge in [0.25, 0.3) is 0 Å². The Hall–Kier alpha value is -1.88. The Bertz CT molecular complexity index is 406. The van der Waals surface area contributed by atoms with Crippen LogP contribution < -0.4 is 11.1 Å². The highest BCUT2D eigenvalue weighted by molar-refractivity contribution is 5.82. The number of carbonyl (C=O) groups excluding carboxylic acids is 1. The number of nitrogens with two attached hydrogens (primary N) is 1. The summed E-state index contributed by atoms with van der Waals surface area (Å²) in [4.78, 5) is 22.2. The van der Waals surface area contributed by atoms with Crippen LogP contribution in [0.3, 0.4) is 0 Å². The minimum Gasteiger partial charge on any atom is -0.481 e. The molecular formula is C13H18N2O3. The van der Waals surface area contributed by atoms with E-state index < -0.39 is 17.9 Å². The summed E-state index contributed by atoms with van der Waals surface area (Å²) >= 11 is 0. The maximum absolute atomic E-state index is 11.6. The van der Waals surface area contributed by atoms with E-state index in [1.807, 2.05) is 30.3 Å². The molecule has 1 unspecified atom stereocenters. The molecule has 0 spiro atoms. The van der Waals surface area contributed by atoms with E-state index in [1.54, 1.807) is 0 Å². The SMILES string of the molecule is CC(CNC(=O)[C@H](N)Cc1ccccc1)C(=O)O. The summed E-state index contributed by atoms with van der Waals surface area (Å²) in [6.45, 7) is 1.63. The Balaban J connectivity index is 2.40. The average molecular weight is 250 g/mol. The number of carboxylic acids is 1. The third-order valence-electron chi connectivity index (χ3n) is 2.64. The number of hydrogen-bond donors (Lipinski definition) is 3. The van der Waals surface area contributed by atoms with Crippen LogP contribution in [-0.2, 0) is 16.0 Å². The van der Waals surface area contributed by atoms with Crippen LogP contribution >= 0.6 is 0 Å². The van der Waals surface area contributed by atoms with Gasteiger partial charge in [0.15, 0.2) is 0 Å². The normalized spacial score (nSPS) is 13.7. The molecule has 0 heterocycles. The van der Waals surface area contributed by atoms with Gasteiger partial charge in [0, 0.05) is 6.54 Å². The van der Waals surface area contributed by atoms with Gasteiger partial charge < -0.3 is 16.2 Å². The molecule has 0 bridgehead atoms. The summed E-state index contributed by atoms with van der Waals surface area (Å²) in [5.74, 6) is -1.88. The summed E-state index contributed by atoms with van der Waals surface area (Å²) < 4.78 is 0. The van der Waals surface area contributed by atoms with E-state index in [9.17, 15) is 9.59 Å². The zero-order valence-corrected chi connectivity index (χ0v) is 10.3. The molecule has 0 saturated heterocycles. The molecule has 0 aliphatic rings. The molecule has 98 valence electrons. The number of carbonyl (C=O) groups is 2. The third kappa shape index (κ3) is 4.55. The molecule has 0 radical (unpaired) electrons. The lowest BCUT2D eigenvalue weighted by molar-refractivity contribution is -0.141. The third-order valence-corrected chi connectivity index (χ3v) is 2.64. The van der Waals surface area contributed by atoms with Gasteiger partial charge in [0.05, 0.1) is 12.0 Å². The summed E-state index contributed by atoms with van der Waals surface area (Å²) in [5, 5.41) is 11.2. The molecule has 2 atom stereocenters. The molecule has 0 fully saturated rings. The maximum Gasteiger partial charge on any atom is 0.308 e. The zero-order chi connectivity index (χ0) is 13.5. The molecule has 1 aromatic carbocycles. The lowest BCUT2D eigenvalue weighted by atomic mass is 10.1. The van der Waals surface area contributed by atoms with Gasteiger partial charge in [-0.05, 0) is 12.0 Å². The fraction of sp³-hybridized carbons (Fsp3) is 0.385. The van der Waals surface area contributed by atoms with Crippen LogP contribution in [0.15, 0.2) is 30.3 Å². The molecule has 5 heteroatoms. The van der Waals surface area contributed by atoms with E-state index in [0.717, 1.165) is 5.56 Å². The lowest BCUT2D eigenvalue weighted by Gasteiger charge is -2.13. The van der Waals surface area contributed by atoms with Crippen molar-refractivity contribution in [3.8, 4) is 0 Å². The average Bonchev–Trinajstić information content (AvgIpc) is 2.36. The Morgan fingerprint density at radius 2 is 1.94 bits per heavy atom. The van der Waals surface area contributed by atoms with Gasteiger partial charge >= 0.3 is 5.97 Å². The molecule has 1 aromatic rings. The molecule has 5 nitrogen and oxygen atoms in total. The second-order valence-corrected chi connectivity index (χ2v) is 4.28. The largest absolute Gasteiger partial charge is 0.481 e. The summed E-state index contributed by atoms with van der Waals surface area (Å²) in [6, 6.07) is 8.79. The molecular weight excluding hydrogens is 232 g/mol. The Morgan fingerprint density at radius 3 is 2.50 bits per heavy atom. The first kappa shape index (κ1) is 14.2. The monoisotopic (exact) mass is 250 g/mol. The van der Waals surface area contributed by atoms with Crippen molar-refractivity contribution in [1.82, 2.24) is 5.32 Å². The van der Waals surface area contributed by atoms with Crippen molar-refractivity contribution in [2.24, 2.45) is 11.7 Å². The summed E-state index contributed by atoms with van der Waals surface area (Å²) in [6.07, 6.45) is 0.439. The van der Waals surface area contributed by atoms with Crippen molar-refractivity contribution >= 4 is 11.9 Å². The van der Waals surface area contributed by atoms with E-state index in [4.69, 9.17) is 10.8 Å². The van der Waals surface area contributed by atoms with Crippen LogP contribution in [0.5, 0.6) is 0 Å². The smallest absolute Gasteiger partial charge is 0.308 e. The van der Waals surface area contributed by atoms with Gasteiger partial charge in [-0.15, -0.1) is 0 Å². The van der Waals surface area contributed by atoms with Crippen LogP contribution in [0.1, 0.15) is 12.5 Å². The zero-order valence-electron chi connectivity index (χ0n) is 10.3. The Labute approximate surface area is 106 Å². The first-order chi connectivity index (χ1) is 8.50. The number of rotatable bonds is 6. The van der Waals surface area contributed by atoms with Gasteiger partial charge in [-0.25, -0.2) is 0 Å². The van der Waals surface area contributed by atoms with Crippen molar-refractivity contribution in [2.75, 3.05) is 6.54 Å². The molecule has 1 amide bonds. The van der Waals surface area contributed by atoms with Crippen molar-refractivity contribution in [3.05, 3.63) is 35.9 Å². The Morgan fingerprint density at radius 1 is 1.33 bits per heavy atom. The van der Waals surface area contributed by atoms with E-state index in [-0.39, 0.29) is 12.5 Å². The molecule has 1 rings (SSSR count).